The molecular formula is C15H17NO2. The number of phenols is 1. The lowest BCUT2D eigenvalue weighted by molar-refractivity contribution is 0.0838. The van der Waals surface area contributed by atoms with Crippen LogP contribution in [-0.4, -0.2) is 15.7 Å². The van der Waals surface area contributed by atoms with Crippen LogP contribution >= 0.6 is 0 Å². The first-order valence-corrected chi connectivity index (χ1v) is 6.23. The molecule has 0 spiro atoms. The van der Waals surface area contributed by atoms with Crippen LogP contribution in [0.1, 0.15) is 25.8 Å². The third kappa shape index (κ3) is 1.86. The van der Waals surface area contributed by atoms with E-state index in [4.69, 9.17) is 4.74 Å². The Bertz CT molecular complexity index is 570. The number of H-pyrrole nitrogens is 1. The van der Waals surface area contributed by atoms with Gasteiger partial charge in [-0.1, -0.05) is 0 Å². The molecule has 2 aromatic rings. The van der Waals surface area contributed by atoms with Crippen molar-refractivity contribution < 1.29 is 9.84 Å². The van der Waals surface area contributed by atoms with E-state index >= 15 is 0 Å². The van der Waals surface area contributed by atoms with Crippen LogP contribution in [0.4, 0.5) is 0 Å². The van der Waals surface area contributed by atoms with E-state index in [2.05, 4.69) is 18.8 Å². The van der Waals surface area contributed by atoms with Crippen molar-refractivity contribution in [3.05, 3.63) is 36.2 Å². The molecule has 0 fully saturated rings. The standard InChI is InChI=1S/C15H17NO2/c1-15(2)5-3-12-13(17)7-11(8-14(12)18-15)10-4-6-16-9-10/h4,6-9,16-17H,3,5H2,1-2H3. The van der Waals surface area contributed by atoms with Crippen molar-refractivity contribution in [3.63, 3.8) is 0 Å². The summed E-state index contributed by atoms with van der Waals surface area (Å²) in [6.45, 7) is 4.16. The van der Waals surface area contributed by atoms with Gasteiger partial charge in [0.15, 0.2) is 0 Å². The fourth-order valence-corrected chi connectivity index (χ4v) is 2.42. The second-order valence-corrected chi connectivity index (χ2v) is 5.43. The van der Waals surface area contributed by atoms with E-state index in [1.54, 1.807) is 0 Å². The summed E-state index contributed by atoms with van der Waals surface area (Å²) in [5.41, 5.74) is 2.80. The maximum Gasteiger partial charge on any atom is 0.127 e. The average Bonchev–Trinajstić information content (AvgIpc) is 2.80. The predicted octanol–water partition coefficient (Wildman–Crippen LogP) is 3.49. The molecule has 0 saturated carbocycles. The maximum atomic E-state index is 10.1. The molecular weight excluding hydrogens is 226 g/mol. The summed E-state index contributed by atoms with van der Waals surface area (Å²) in [6.07, 6.45) is 5.57. The number of aromatic hydroxyl groups is 1. The Balaban J connectivity index is 2.09. The summed E-state index contributed by atoms with van der Waals surface area (Å²) in [7, 11) is 0. The van der Waals surface area contributed by atoms with E-state index < -0.39 is 0 Å². The monoisotopic (exact) mass is 243 g/mol. The molecule has 18 heavy (non-hydrogen) atoms. The quantitative estimate of drug-likeness (QED) is 0.805. The lowest BCUT2D eigenvalue weighted by Gasteiger charge is -2.33. The van der Waals surface area contributed by atoms with Gasteiger partial charge in [0.25, 0.3) is 0 Å². The van der Waals surface area contributed by atoms with Gasteiger partial charge in [0.05, 0.1) is 0 Å². The normalized spacial score (nSPS) is 17.0. The van der Waals surface area contributed by atoms with Crippen LogP contribution < -0.4 is 4.74 Å². The van der Waals surface area contributed by atoms with Gasteiger partial charge in [-0.05, 0) is 56.0 Å². The number of fused-ring (bicyclic) bond motifs is 1. The average molecular weight is 243 g/mol. The summed E-state index contributed by atoms with van der Waals surface area (Å²) < 4.78 is 5.97. The number of benzene rings is 1. The van der Waals surface area contributed by atoms with Crippen molar-refractivity contribution in [2.45, 2.75) is 32.3 Å². The molecule has 0 bridgehead atoms. The first-order valence-electron chi connectivity index (χ1n) is 6.23. The highest BCUT2D eigenvalue weighted by molar-refractivity contribution is 5.68. The number of hydrogen-bond acceptors (Lipinski definition) is 2. The van der Waals surface area contributed by atoms with Gasteiger partial charge in [-0.3, -0.25) is 0 Å². The highest BCUT2D eigenvalue weighted by Crippen LogP contribution is 2.41. The zero-order valence-corrected chi connectivity index (χ0v) is 10.7. The number of nitrogens with one attached hydrogen (secondary N) is 1. The van der Waals surface area contributed by atoms with E-state index in [1.807, 2.05) is 30.6 Å². The number of hydrogen-bond donors (Lipinski definition) is 2. The molecule has 2 N–H and O–H groups in total. The number of aromatic amines is 1. The minimum absolute atomic E-state index is 0.157. The highest BCUT2D eigenvalue weighted by Gasteiger charge is 2.28. The third-order valence-electron chi connectivity index (χ3n) is 3.48. The summed E-state index contributed by atoms with van der Waals surface area (Å²) >= 11 is 0. The zero-order valence-electron chi connectivity index (χ0n) is 10.7. The van der Waals surface area contributed by atoms with Crippen molar-refractivity contribution >= 4 is 0 Å². The molecule has 0 aliphatic carbocycles. The molecule has 3 nitrogen and oxygen atoms in total. The molecule has 1 aliphatic rings. The zero-order chi connectivity index (χ0) is 12.8. The molecule has 1 aromatic heterocycles. The Morgan fingerprint density at radius 2 is 2.11 bits per heavy atom. The first-order chi connectivity index (χ1) is 8.55. The van der Waals surface area contributed by atoms with Gasteiger partial charge < -0.3 is 14.8 Å². The Labute approximate surface area is 106 Å². The van der Waals surface area contributed by atoms with Crippen LogP contribution in [-0.2, 0) is 6.42 Å². The summed E-state index contributed by atoms with van der Waals surface area (Å²) in [5.74, 6) is 1.14. The van der Waals surface area contributed by atoms with Crippen molar-refractivity contribution in [2.24, 2.45) is 0 Å². The van der Waals surface area contributed by atoms with E-state index in [1.165, 1.54) is 0 Å². The summed E-state index contributed by atoms with van der Waals surface area (Å²) in [5, 5.41) is 10.1. The highest BCUT2D eigenvalue weighted by atomic mass is 16.5. The number of aromatic nitrogens is 1. The van der Waals surface area contributed by atoms with Crippen LogP contribution in [0, 0.1) is 0 Å². The van der Waals surface area contributed by atoms with E-state index in [0.717, 1.165) is 35.3 Å². The Hall–Kier alpha value is -1.90. The van der Waals surface area contributed by atoms with E-state index in [0.29, 0.717) is 5.75 Å². The number of phenolic OH excluding ortho intramolecular Hbond substituents is 1. The minimum atomic E-state index is -0.157. The van der Waals surface area contributed by atoms with Crippen molar-refractivity contribution in [1.82, 2.24) is 4.98 Å². The molecule has 1 aliphatic heterocycles. The largest absolute Gasteiger partial charge is 0.508 e. The Morgan fingerprint density at radius 3 is 2.83 bits per heavy atom. The van der Waals surface area contributed by atoms with Crippen LogP contribution in [0.25, 0.3) is 11.1 Å². The van der Waals surface area contributed by atoms with Gasteiger partial charge in [-0.25, -0.2) is 0 Å². The fraction of sp³-hybridized carbons (Fsp3) is 0.333. The van der Waals surface area contributed by atoms with Gasteiger partial charge in [-0.2, -0.15) is 0 Å². The first kappa shape index (κ1) is 11.2. The van der Waals surface area contributed by atoms with Gasteiger partial charge in [-0.15, -0.1) is 0 Å². The van der Waals surface area contributed by atoms with Crippen LogP contribution in [0.3, 0.4) is 0 Å². The SMILES string of the molecule is CC1(C)CCc2c(O)cc(-c3cc[nH]c3)cc2O1. The summed E-state index contributed by atoms with van der Waals surface area (Å²) in [4.78, 5) is 3.02. The topological polar surface area (TPSA) is 45.2 Å². The molecule has 3 rings (SSSR count). The molecule has 0 atom stereocenters. The molecule has 0 unspecified atom stereocenters. The lowest BCUT2D eigenvalue weighted by Crippen LogP contribution is -2.32. The maximum absolute atomic E-state index is 10.1. The predicted molar refractivity (Wildman–Crippen MR) is 70.9 cm³/mol. The molecule has 2 heterocycles. The molecule has 3 heteroatoms. The van der Waals surface area contributed by atoms with E-state index in [9.17, 15) is 5.11 Å². The second kappa shape index (κ2) is 3.80. The van der Waals surface area contributed by atoms with Crippen molar-refractivity contribution in [1.29, 1.82) is 0 Å². The second-order valence-electron chi connectivity index (χ2n) is 5.43. The summed E-state index contributed by atoms with van der Waals surface area (Å²) in [6, 6.07) is 5.80. The van der Waals surface area contributed by atoms with Crippen molar-refractivity contribution in [3.8, 4) is 22.6 Å². The smallest absolute Gasteiger partial charge is 0.127 e. The Morgan fingerprint density at radius 1 is 1.28 bits per heavy atom. The van der Waals surface area contributed by atoms with Crippen LogP contribution in [0.2, 0.25) is 0 Å². The molecule has 0 saturated heterocycles. The van der Waals surface area contributed by atoms with Crippen LogP contribution in [0.5, 0.6) is 11.5 Å². The Kier molecular flexibility index (Phi) is 2.37. The lowest BCUT2D eigenvalue weighted by atomic mass is 9.92. The number of ether oxygens (including phenoxy) is 1. The van der Waals surface area contributed by atoms with E-state index in [-0.39, 0.29) is 5.60 Å². The third-order valence-corrected chi connectivity index (χ3v) is 3.48. The van der Waals surface area contributed by atoms with Gasteiger partial charge in [0.1, 0.15) is 17.1 Å². The molecule has 94 valence electrons. The number of rotatable bonds is 1. The van der Waals surface area contributed by atoms with Crippen LogP contribution in [0.15, 0.2) is 30.6 Å². The molecule has 0 radical (unpaired) electrons. The fourth-order valence-electron chi connectivity index (χ4n) is 2.42. The van der Waals surface area contributed by atoms with Crippen molar-refractivity contribution in [2.75, 3.05) is 0 Å². The van der Waals surface area contributed by atoms with Gasteiger partial charge in [0.2, 0.25) is 0 Å². The van der Waals surface area contributed by atoms with Gasteiger partial charge in [0, 0.05) is 18.0 Å². The molecule has 0 amide bonds. The van der Waals surface area contributed by atoms with Gasteiger partial charge >= 0.3 is 0 Å². The molecule has 1 aromatic carbocycles. The minimum Gasteiger partial charge on any atom is -0.508 e.